The van der Waals surface area contributed by atoms with Crippen LogP contribution in [0.4, 0.5) is 22.2 Å². The number of hydrogen-bond donors (Lipinski definition) is 4. The standard InChI is InChI=1S/C25H31N7O3S/c1-25(2,3)35-24(34)31-19-10-5-4-9-18(19)30-23-27-12-17(21(26)33)22(32-23)29-16-8-6-7-15(11-16)20-13-36-14-28-20/h6-8,11-14,18-19H,4-5,9-10H2,1-3H3,(H2,26,33)(H,31,34)(H2,27,29,30,32)/t18-,19+/m1/s1. The summed E-state index contributed by atoms with van der Waals surface area (Å²) in [5.41, 5.74) is 9.49. The molecule has 4 rings (SSSR count). The average Bonchev–Trinajstić information content (AvgIpc) is 3.34. The summed E-state index contributed by atoms with van der Waals surface area (Å²) in [6.45, 7) is 5.50. The molecule has 190 valence electrons. The molecule has 0 aliphatic heterocycles. The van der Waals surface area contributed by atoms with Gasteiger partial charge in [0.05, 0.1) is 17.2 Å². The van der Waals surface area contributed by atoms with Crippen LogP contribution >= 0.6 is 11.3 Å². The number of aromatic nitrogens is 3. The molecular formula is C25H31N7O3S. The van der Waals surface area contributed by atoms with E-state index in [1.165, 1.54) is 17.5 Å². The zero-order chi connectivity index (χ0) is 25.7. The Hall–Kier alpha value is -3.73. The third-order valence-electron chi connectivity index (χ3n) is 5.69. The Morgan fingerprint density at radius 1 is 1.14 bits per heavy atom. The van der Waals surface area contributed by atoms with Gasteiger partial charge in [-0.2, -0.15) is 4.98 Å². The second-order valence-corrected chi connectivity index (χ2v) is 10.4. The lowest BCUT2D eigenvalue weighted by atomic mass is 9.90. The van der Waals surface area contributed by atoms with Gasteiger partial charge in [-0.3, -0.25) is 4.79 Å². The maximum Gasteiger partial charge on any atom is 0.407 e. The quantitative estimate of drug-likeness (QED) is 0.359. The lowest BCUT2D eigenvalue weighted by molar-refractivity contribution is 0.0488. The number of thiazole rings is 1. The number of nitrogens with two attached hydrogens (primary N) is 1. The van der Waals surface area contributed by atoms with E-state index in [1.54, 1.807) is 5.51 Å². The normalized spacial score (nSPS) is 17.8. The molecule has 1 aliphatic rings. The third kappa shape index (κ3) is 6.69. The van der Waals surface area contributed by atoms with Crippen LogP contribution in [0.5, 0.6) is 0 Å². The number of hydrogen-bond acceptors (Lipinski definition) is 9. The summed E-state index contributed by atoms with van der Waals surface area (Å²) in [4.78, 5) is 37.6. The van der Waals surface area contributed by atoms with Crippen molar-refractivity contribution >= 4 is 40.8 Å². The van der Waals surface area contributed by atoms with E-state index in [9.17, 15) is 9.59 Å². The smallest absolute Gasteiger partial charge is 0.407 e. The van der Waals surface area contributed by atoms with Crippen molar-refractivity contribution in [3.63, 3.8) is 0 Å². The molecule has 1 fully saturated rings. The Balaban J connectivity index is 1.53. The molecule has 1 saturated carbocycles. The molecule has 0 bridgehead atoms. The predicted octanol–water partition coefficient (Wildman–Crippen LogP) is 4.69. The molecule has 36 heavy (non-hydrogen) atoms. The van der Waals surface area contributed by atoms with E-state index in [0.29, 0.717) is 11.8 Å². The van der Waals surface area contributed by atoms with E-state index < -0.39 is 17.6 Å². The van der Waals surface area contributed by atoms with Gasteiger partial charge < -0.3 is 26.4 Å². The summed E-state index contributed by atoms with van der Waals surface area (Å²) in [5.74, 6) is -0.00854. The first-order valence-corrected chi connectivity index (χ1v) is 12.8. The summed E-state index contributed by atoms with van der Waals surface area (Å²) in [5, 5.41) is 11.5. The van der Waals surface area contributed by atoms with Gasteiger partial charge in [0, 0.05) is 28.9 Å². The summed E-state index contributed by atoms with van der Waals surface area (Å²) in [6.07, 6.45) is 4.61. The molecule has 2 aromatic heterocycles. The molecule has 3 aromatic rings. The molecule has 0 spiro atoms. The minimum Gasteiger partial charge on any atom is -0.444 e. The van der Waals surface area contributed by atoms with Crippen molar-refractivity contribution < 1.29 is 14.3 Å². The molecule has 2 atom stereocenters. The minimum atomic E-state index is -0.637. The fourth-order valence-electron chi connectivity index (χ4n) is 4.08. The summed E-state index contributed by atoms with van der Waals surface area (Å²) < 4.78 is 5.43. The molecule has 1 aromatic carbocycles. The number of anilines is 3. The molecule has 0 unspecified atom stereocenters. The molecule has 5 N–H and O–H groups in total. The highest BCUT2D eigenvalue weighted by Gasteiger charge is 2.29. The highest BCUT2D eigenvalue weighted by molar-refractivity contribution is 7.07. The topological polar surface area (TPSA) is 144 Å². The number of carbonyl (C=O) groups excluding carboxylic acids is 2. The van der Waals surface area contributed by atoms with E-state index in [4.69, 9.17) is 10.5 Å². The Bertz CT molecular complexity index is 1210. The first-order chi connectivity index (χ1) is 17.2. The van der Waals surface area contributed by atoms with Gasteiger partial charge in [0.25, 0.3) is 5.91 Å². The maximum absolute atomic E-state index is 12.4. The van der Waals surface area contributed by atoms with Gasteiger partial charge in [0.15, 0.2) is 0 Å². The lowest BCUT2D eigenvalue weighted by Gasteiger charge is -2.33. The number of benzene rings is 1. The average molecular weight is 510 g/mol. The van der Waals surface area contributed by atoms with Crippen molar-refractivity contribution in [3.8, 4) is 11.3 Å². The first kappa shape index (κ1) is 25.4. The number of nitrogens with one attached hydrogen (secondary N) is 3. The zero-order valence-corrected chi connectivity index (χ0v) is 21.4. The molecule has 0 saturated heterocycles. The highest BCUT2D eigenvalue weighted by Crippen LogP contribution is 2.27. The maximum atomic E-state index is 12.4. The van der Waals surface area contributed by atoms with Crippen molar-refractivity contribution in [1.29, 1.82) is 0 Å². The molecule has 11 heteroatoms. The van der Waals surface area contributed by atoms with Crippen LogP contribution in [0.15, 0.2) is 41.4 Å². The van der Waals surface area contributed by atoms with Gasteiger partial charge in [0.1, 0.15) is 17.0 Å². The second-order valence-electron chi connectivity index (χ2n) is 9.69. The van der Waals surface area contributed by atoms with Gasteiger partial charge in [-0.25, -0.2) is 14.8 Å². The predicted molar refractivity (Wildman–Crippen MR) is 140 cm³/mol. The van der Waals surface area contributed by atoms with E-state index in [2.05, 4.69) is 30.9 Å². The van der Waals surface area contributed by atoms with E-state index in [0.717, 1.165) is 42.6 Å². The van der Waals surface area contributed by atoms with Crippen LogP contribution in [0.25, 0.3) is 11.3 Å². The van der Waals surface area contributed by atoms with Gasteiger partial charge in [-0.05, 0) is 45.7 Å². The Labute approximate surface area is 214 Å². The molecule has 1 aliphatic carbocycles. The second kappa shape index (κ2) is 10.9. The molecule has 2 heterocycles. The Morgan fingerprint density at radius 3 is 2.61 bits per heavy atom. The first-order valence-electron chi connectivity index (χ1n) is 11.9. The number of ether oxygens (including phenoxy) is 1. The van der Waals surface area contributed by atoms with Crippen molar-refractivity contribution in [2.24, 2.45) is 5.73 Å². The fourth-order valence-corrected chi connectivity index (χ4v) is 4.64. The van der Waals surface area contributed by atoms with Crippen LogP contribution in [-0.2, 0) is 4.74 Å². The van der Waals surface area contributed by atoms with Gasteiger partial charge in [-0.15, -0.1) is 11.3 Å². The Kier molecular flexibility index (Phi) is 7.68. The van der Waals surface area contributed by atoms with E-state index in [-0.39, 0.29) is 17.6 Å². The molecular weight excluding hydrogens is 478 g/mol. The van der Waals surface area contributed by atoms with Crippen molar-refractivity contribution in [1.82, 2.24) is 20.3 Å². The fraction of sp³-hybridized carbons (Fsp3) is 0.400. The van der Waals surface area contributed by atoms with Crippen LogP contribution in [0, 0.1) is 0 Å². The summed E-state index contributed by atoms with van der Waals surface area (Å²) in [6, 6.07) is 7.43. The highest BCUT2D eigenvalue weighted by atomic mass is 32.1. The van der Waals surface area contributed by atoms with Gasteiger partial charge >= 0.3 is 6.09 Å². The van der Waals surface area contributed by atoms with Crippen LogP contribution < -0.4 is 21.7 Å². The summed E-state index contributed by atoms with van der Waals surface area (Å²) >= 11 is 1.52. The van der Waals surface area contributed by atoms with Crippen LogP contribution in [0.3, 0.4) is 0 Å². The molecule has 0 radical (unpaired) electrons. The van der Waals surface area contributed by atoms with Gasteiger partial charge in [0.2, 0.25) is 5.95 Å². The Morgan fingerprint density at radius 2 is 1.92 bits per heavy atom. The number of alkyl carbamates (subject to hydrolysis) is 1. The summed E-state index contributed by atoms with van der Waals surface area (Å²) in [7, 11) is 0. The number of primary amides is 1. The monoisotopic (exact) mass is 509 g/mol. The number of nitrogens with zero attached hydrogens (tertiary/aromatic N) is 3. The van der Waals surface area contributed by atoms with E-state index in [1.807, 2.05) is 50.4 Å². The molecule has 10 nitrogen and oxygen atoms in total. The lowest BCUT2D eigenvalue weighted by Crippen LogP contribution is -2.50. The van der Waals surface area contributed by atoms with E-state index >= 15 is 0 Å². The van der Waals surface area contributed by atoms with Crippen LogP contribution in [-0.4, -0.2) is 44.6 Å². The third-order valence-corrected chi connectivity index (χ3v) is 6.28. The number of rotatable bonds is 7. The molecule has 2 amide bonds. The van der Waals surface area contributed by atoms with Crippen molar-refractivity contribution in [3.05, 3.63) is 46.9 Å². The van der Waals surface area contributed by atoms with Gasteiger partial charge in [-0.1, -0.05) is 25.0 Å². The number of carbonyl (C=O) groups is 2. The SMILES string of the molecule is CC(C)(C)OC(=O)N[C@H]1CCCC[C@H]1Nc1ncc(C(N)=O)c(Nc2cccc(-c3cscn3)c2)n1. The van der Waals surface area contributed by atoms with Crippen LogP contribution in [0.2, 0.25) is 0 Å². The van der Waals surface area contributed by atoms with Crippen LogP contribution in [0.1, 0.15) is 56.8 Å². The minimum absolute atomic E-state index is 0.0912. The zero-order valence-electron chi connectivity index (χ0n) is 20.6. The largest absolute Gasteiger partial charge is 0.444 e. The van der Waals surface area contributed by atoms with Crippen molar-refractivity contribution in [2.75, 3.05) is 10.6 Å². The number of amides is 2. The van der Waals surface area contributed by atoms with Crippen molar-refractivity contribution in [2.45, 2.75) is 64.1 Å².